The van der Waals surface area contributed by atoms with Crippen LogP contribution in [-0.2, 0) is 19.5 Å². The van der Waals surface area contributed by atoms with Gasteiger partial charge >= 0.3 is 0 Å². The minimum Gasteiger partial charge on any atom is -1.00 e. The predicted molar refractivity (Wildman–Crippen MR) is 85.3 cm³/mol. The van der Waals surface area contributed by atoms with Crippen molar-refractivity contribution < 1.29 is 43.9 Å². The van der Waals surface area contributed by atoms with Crippen LogP contribution in [0.3, 0.4) is 0 Å². The maximum absolute atomic E-state index is 5.71. The Kier molecular flexibility index (Phi) is 7.95. The lowest BCUT2D eigenvalue weighted by atomic mass is 9.99. The molecule has 1 atom stereocenters. The first kappa shape index (κ1) is 19.9. The van der Waals surface area contributed by atoms with Crippen LogP contribution in [0.2, 0.25) is 0 Å². The zero-order valence-corrected chi connectivity index (χ0v) is 16.5. The highest BCUT2D eigenvalue weighted by atomic mass is 79.9. The Morgan fingerprint density at radius 3 is 2.57 bits per heavy atom. The van der Waals surface area contributed by atoms with Gasteiger partial charge in [0.1, 0.15) is 18.8 Å². The largest absolute Gasteiger partial charge is 1.00 e. The van der Waals surface area contributed by atoms with Gasteiger partial charge in [-0.15, -0.1) is 0 Å². The average molecular weight is 441 g/mol. The van der Waals surface area contributed by atoms with Crippen LogP contribution in [0.1, 0.15) is 23.6 Å². The molecular formula is C18H23Br2N3. The summed E-state index contributed by atoms with van der Waals surface area (Å²) in [6, 6.07) is 17.4. The van der Waals surface area contributed by atoms with Gasteiger partial charge in [-0.05, 0) is 17.7 Å². The predicted octanol–water partition coefficient (Wildman–Crippen LogP) is -6.07. The first-order chi connectivity index (χ1) is 10.2. The lowest BCUT2D eigenvalue weighted by molar-refractivity contribution is -0.929. The summed E-state index contributed by atoms with van der Waals surface area (Å²) in [5, 5.41) is 0. The number of fused-ring (bicyclic) bond motifs is 1. The van der Waals surface area contributed by atoms with E-state index in [-0.39, 0.29) is 34.0 Å². The quantitative estimate of drug-likeness (QED) is 0.323. The van der Waals surface area contributed by atoms with Gasteiger partial charge in [0.15, 0.2) is 0 Å². The molecule has 1 unspecified atom stereocenters. The second-order valence-corrected chi connectivity index (χ2v) is 5.88. The van der Waals surface area contributed by atoms with E-state index in [4.69, 9.17) is 5.73 Å². The van der Waals surface area contributed by atoms with Crippen molar-refractivity contribution in [2.75, 3.05) is 6.54 Å². The molecule has 0 saturated carbocycles. The summed E-state index contributed by atoms with van der Waals surface area (Å²) < 4.78 is 0. The second kappa shape index (κ2) is 9.21. The first-order valence-electron chi connectivity index (χ1n) is 7.56. The summed E-state index contributed by atoms with van der Waals surface area (Å²) in [5.41, 5.74) is 11.2. The lowest BCUT2D eigenvalue weighted by Gasteiger charge is -2.25. The van der Waals surface area contributed by atoms with Gasteiger partial charge in [-0.2, -0.15) is 0 Å². The van der Waals surface area contributed by atoms with Crippen LogP contribution in [0.25, 0.3) is 0 Å². The van der Waals surface area contributed by atoms with Crippen molar-refractivity contribution in [3.63, 3.8) is 0 Å². The molecule has 0 aromatic heterocycles. The molecule has 0 spiro atoms. The zero-order valence-electron chi connectivity index (χ0n) is 13.3. The minimum atomic E-state index is 0. The Morgan fingerprint density at radius 1 is 1.09 bits per heavy atom. The van der Waals surface area contributed by atoms with Crippen molar-refractivity contribution >= 4 is 11.5 Å². The topological polar surface area (TPSA) is 44.4 Å². The number of halogens is 2. The molecule has 3 rings (SSSR count). The summed E-state index contributed by atoms with van der Waals surface area (Å²) in [5.74, 6) is 0.728. The van der Waals surface area contributed by atoms with Gasteiger partial charge in [0.2, 0.25) is 5.84 Å². The summed E-state index contributed by atoms with van der Waals surface area (Å²) in [7, 11) is 0. The van der Waals surface area contributed by atoms with Crippen LogP contribution in [0.4, 0.5) is 5.69 Å². The number of rotatable bonds is 3. The molecule has 0 fully saturated rings. The number of nitrogens with two attached hydrogens (primary N) is 1. The molecule has 23 heavy (non-hydrogen) atoms. The molecule has 5 heteroatoms. The van der Waals surface area contributed by atoms with Gasteiger partial charge in [0.05, 0.1) is 6.54 Å². The molecule has 0 radical (unpaired) electrons. The van der Waals surface area contributed by atoms with Gasteiger partial charge in [-0.25, -0.2) is 4.99 Å². The maximum atomic E-state index is 5.71. The number of benzene rings is 2. The van der Waals surface area contributed by atoms with Crippen molar-refractivity contribution in [1.82, 2.24) is 0 Å². The molecule has 0 bridgehead atoms. The number of nitrogens with one attached hydrogen (secondary N) is 2. The third kappa shape index (κ3) is 5.44. The van der Waals surface area contributed by atoms with E-state index in [0.29, 0.717) is 0 Å². The van der Waals surface area contributed by atoms with Crippen LogP contribution < -0.4 is 49.6 Å². The van der Waals surface area contributed by atoms with Crippen LogP contribution >= 0.6 is 0 Å². The Bertz CT molecular complexity index is 667. The summed E-state index contributed by atoms with van der Waals surface area (Å²) in [4.78, 5) is 4.81. The van der Waals surface area contributed by atoms with E-state index in [1.807, 2.05) is 6.92 Å². The van der Waals surface area contributed by atoms with Crippen molar-refractivity contribution in [1.29, 1.82) is 0 Å². The normalized spacial score (nSPS) is 16.7. The lowest BCUT2D eigenvalue weighted by Crippen LogP contribution is -3.10. The highest BCUT2D eigenvalue weighted by Crippen LogP contribution is 2.11. The monoisotopic (exact) mass is 439 g/mol. The third-order valence-corrected chi connectivity index (χ3v) is 4.03. The molecule has 0 amide bonds. The molecule has 0 aliphatic carbocycles. The molecule has 124 valence electrons. The van der Waals surface area contributed by atoms with E-state index in [1.54, 1.807) is 4.90 Å². The fourth-order valence-corrected chi connectivity index (χ4v) is 3.07. The Hall–Kier alpha value is -1.17. The third-order valence-electron chi connectivity index (χ3n) is 4.03. The Balaban J connectivity index is 0.00000132. The molecule has 1 aliphatic rings. The van der Waals surface area contributed by atoms with Crippen LogP contribution in [-0.4, -0.2) is 12.4 Å². The van der Waals surface area contributed by atoms with E-state index in [0.717, 1.165) is 24.6 Å². The minimum absolute atomic E-state index is 0. The smallest absolute Gasteiger partial charge is 0.242 e. The number of quaternary nitrogens is 1. The van der Waals surface area contributed by atoms with E-state index >= 15 is 0 Å². The molecule has 0 saturated heterocycles. The molecule has 1 aliphatic heterocycles. The molecular weight excluding hydrogens is 418 g/mol. The molecule has 4 N–H and O–H groups in total. The highest BCUT2D eigenvalue weighted by Gasteiger charge is 2.19. The van der Waals surface area contributed by atoms with Crippen molar-refractivity contribution in [2.45, 2.75) is 26.4 Å². The van der Waals surface area contributed by atoms with Gasteiger partial charge in [-0.3, -0.25) is 5.73 Å². The van der Waals surface area contributed by atoms with Gasteiger partial charge in [0.25, 0.3) is 0 Å². The number of hydrogen-bond acceptors (Lipinski definition) is 0. The molecule has 1 heterocycles. The van der Waals surface area contributed by atoms with E-state index in [2.05, 4.69) is 53.5 Å². The van der Waals surface area contributed by atoms with E-state index in [1.165, 1.54) is 29.7 Å². The Labute approximate surface area is 159 Å². The van der Waals surface area contributed by atoms with Gasteiger partial charge in [0, 0.05) is 24.5 Å². The van der Waals surface area contributed by atoms with E-state index < -0.39 is 0 Å². The number of amidine groups is 1. The standard InChI is InChI=1S/C18H21N3.2BrH/c1-14(19)20-18-8-4-5-15(11-18)12-21-10-9-16-6-2-3-7-17(16)13-21;;/h2-8,11H,9-10,12-13H2,1H3,(H2,19,20);2*1H. The van der Waals surface area contributed by atoms with Crippen LogP contribution in [0.15, 0.2) is 48.5 Å². The van der Waals surface area contributed by atoms with Crippen LogP contribution in [0, 0.1) is 0 Å². The maximum Gasteiger partial charge on any atom is 0.242 e. The average Bonchev–Trinajstić information content (AvgIpc) is 2.47. The summed E-state index contributed by atoms with van der Waals surface area (Å²) in [6.45, 7) is 5.26. The molecule has 3 nitrogen and oxygen atoms in total. The van der Waals surface area contributed by atoms with Crippen molar-refractivity contribution in [3.8, 4) is 0 Å². The van der Waals surface area contributed by atoms with Crippen molar-refractivity contribution in [3.05, 3.63) is 65.2 Å². The fourth-order valence-electron chi connectivity index (χ4n) is 3.07. The fraction of sp³-hybridized carbons (Fsp3) is 0.278. The first-order valence-corrected chi connectivity index (χ1v) is 7.56. The second-order valence-electron chi connectivity index (χ2n) is 5.88. The van der Waals surface area contributed by atoms with E-state index in [9.17, 15) is 0 Å². The molecule has 2 aromatic carbocycles. The van der Waals surface area contributed by atoms with Crippen LogP contribution in [0.5, 0.6) is 0 Å². The van der Waals surface area contributed by atoms with Gasteiger partial charge < -0.3 is 38.9 Å². The Morgan fingerprint density at radius 2 is 1.83 bits per heavy atom. The zero-order chi connectivity index (χ0) is 14.7. The summed E-state index contributed by atoms with van der Waals surface area (Å²) in [6.07, 6.45) is 1.18. The number of hydrogen-bond donors (Lipinski definition) is 3. The highest BCUT2D eigenvalue weighted by molar-refractivity contribution is 5.72. The molecule has 2 aromatic rings. The SMILES string of the molecule is CC(N)=[NH+]c1cccc(C[NH+]2CCc3ccccc3C2)c1.[Br-].[Br-]. The van der Waals surface area contributed by atoms with Crippen molar-refractivity contribution in [2.24, 2.45) is 5.73 Å². The van der Waals surface area contributed by atoms with Gasteiger partial charge in [-0.1, -0.05) is 36.4 Å². The summed E-state index contributed by atoms with van der Waals surface area (Å²) >= 11 is 0.